The van der Waals surface area contributed by atoms with Gasteiger partial charge in [-0.3, -0.25) is 14.0 Å². The molecule has 1 amide bonds. The van der Waals surface area contributed by atoms with Crippen LogP contribution in [0.1, 0.15) is 48.0 Å². The van der Waals surface area contributed by atoms with Gasteiger partial charge in [-0.15, -0.1) is 0 Å². The fourth-order valence-electron chi connectivity index (χ4n) is 5.05. The molecule has 5 rings (SSSR count). The lowest BCUT2D eigenvalue weighted by atomic mass is 9.99. The number of fused-ring (bicyclic) bond motifs is 3. The zero-order valence-electron chi connectivity index (χ0n) is 19.3. The molecule has 1 fully saturated rings. The first-order chi connectivity index (χ1) is 16.7. The molecule has 2 aromatic carbocycles. The molecule has 1 aliphatic carbocycles. The first kappa shape index (κ1) is 23.4. The van der Waals surface area contributed by atoms with Crippen molar-refractivity contribution in [1.29, 1.82) is 0 Å². The number of aliphatic hydroxyl groups is 1. The zero-order valence-corrected chi connectivity index (χ0v) is 19.3. The summed E-state index contributed by atoms with van der Waals surface area (Å²) in [6.45, 7) is 0.517. The smallest absolute Gasteiger partial charge is 0.393 e. The second-order valence-corrected chi connectivity index (χ2v) is 9.40. The number of aliphatic hydroxyl groups excluding tert-OH is 1. The summed E-state index contributed by atoms with van der Waals surface area (Å²) in [5, 5.41) is 19.2. The summed E-state index contributed by atoms with van der Waals surface area (Å²) in [7, 11) is 1.78. The lowest BCUT2D eigenvalue weighted by molar-refractivity contribution is -0.137. The predicted octanol–water partition coefficient (Wildman–Crippen LogP) is 5.21. The number of hydrogen-bond donors (Lipinski definition) is 2. The number of alkyl halides is 3. The monoisotopic (exact) mass is 484 g/mol. The quantitative estimate of drug-likeness (QED) is 0.391. The zero-order chi connectivity index (χ0) is 24.7. The van der Waals surface area contributed by atoms with Crippen LogP contribution in [0.15, 0.2) is 48.7 Å². The number of benzene rings is 2. The van der Waals surface area contributed by atoms with Gasteiger partial charge in [0.15, 0.2) is 5.65 Å². The molecule has 0 aliphatic heterocycles. The van der Waals surface area contributed by atoms with Gasteiger partial charge < -0.3 is 10.4 Å². The summed E-state index contributed by atoms with van der Waals surface area (Å²) in [5.41, 5.74) is 1.71. The lowest BCUT2D eigenvalue weighted by Crippen LogP contribution is -2.30. The summed E-state index contributed by atoms with van der Waals surface area (Å²) in [6.07, 6.45) is 1.70. The molecule has 0 saturated heterocycles. The maximum absolute atomic E-state index is 13.0. The number of rotatable bonds is 4. The van der Waals surface area contributed by atoms with E-state index < -0.39 is 11.7 Å². The van der Waals surface area contributed by atoms with Gasteiger partial charge in [-0.1, -0.05) is 12.8 Å². The number of aromatic nitrogens is 3. The number of halogens is 3. The van der Waals surface area contributed by atoms with Gasteiger partial charge in [0.25, 0.3) is 5.91 Å². The maximum atomic E-state index is 13.0. The van der Waals surface area contributed by atoms with Crippen LogP contribution in [0.25, 0.3) is 27.6 Å². The highest BCUT2D eigenvalue weighted by Crippen LogP contribution is 2.34. The molecular weight excluding hydrogens is 457 g/mol. The van der Waals surface area contributed by atoms with E-state index in [0.717, 1.165) is 54.1 Å². The molecule has 4 aromatic rings. The van der Waals surface area contributed by atoms with Gasteiger partial charge in [0.1, 0.15) is 0 Å². The Bertz CT molecular complexity index is 1370. The number of hydrogen-bond acceptors (Lipinski definition) is 3. The minimum Gasteiger partial charge on any atom is -0.393 e. The molecule has 0 bridgehead atoms. The Morgan fingerprint density at radius 2 is 1.86 bits per heavy atom. The summed E-state index contributed by atoms with van der Waals surface area (Å²) in [4.78, 5) is 12.9. The van der Waals surface area contributed by atoms with Crippen molar-refractivity contribution in [2.45, 2.75) is 44.4 Å². The Morgan fingerprint density at radius 3 is 2.60 bits per heavy atom. The fraction of sp³-hybridized carbons (Fsp3) is 0.385. The minimum absolute atomic E-state index is 0.190. The van der Waals surface area contributed by atoms with Crippen LogP contribution in [0, 0.1) is 5.92 Å². The molecule has 6 nitrogen and oxygen atoms in total. The van der Waals surface area contributed by atoms with E-state index in [1.807, 2.05) is 6.20 Å². The topological polar surface area (TPSA) is 72.1 Å². The summed E-state index contributed by atoms with van der Waals surface area (Å²) in [6, 6.07) is 10.3. The molecule has 184 valence electrons. The van der Waals surface area contributed by atoms with Crippen molar-refractivity contribution < 1.29 is 23.1 Å². The third-order valence-corrected chi connectivity index (χ3v) is 6.82. The van der Waals surface area contributed by atoms with E-state index in [4.69, 9.17) is 0 Å². The first-order valence-corrected chi connectivity index (χ1v) is 11.8. The van der Waals surface area contributed by atoms with Crippen LogP contribution in [-0.4, -0.2) is 38.0 Å². The maximum Gasteiger partial charge on any atom is 0.416 e. The molecule has 1 aliphatic rings. The van der Waals surface area contributed by atoms with Gasteiger partial charge in [-0.05, 0) is 67.6 Å². The Balaban J connectivity index is 1.46. The van der Waals surface area contributed by atoms with Crippen LogP contribution in [-0.2, 0) is 13.2 Å². The van der Waals surface area contributed by atoms with Gasteiger partial charge in [0.2, 0.25) is 0 Å². The molecule has 9 heteroatoms. The Kier molecular flexibility index (Phi) is 6.04. The van der Waals surface area contributed by atoms with Gasteiger partial charge in [-0.2, -0.15) is 18.3 Å². The number of aryl methyl sites for hydroxylation is 1. The van der Waals surface area contributed by atoms with E-state index >= 15 is 0 Å². The van der Waals surface area contributed by atoms with E-state index in [9.17, 15) is 23.1 Å². The van der Waals surface area contributed by atoms with Crippen molar-refractivity contribution in [3.05, 3.63) is 59.8 Å². The number of nitrogens with one attached hydrogen (secondary N) is 1. The van der Waals surface area contributed by atoms with Crippen LogP contribution in [0.3, 0.4) is 0 Å². The molecule has 1 saturated carbocycles. The molecule has 2 N–H and O–H groups in total. The van der Waals surface area contributed by atoms with Crippen molar-refractivity contribution in [2.75, 3.05) is 6.54 Å². The molecule has 0 spiro atoms. The predicted molar refractivity (Wildman–Crippen MR) is 127 cm³/mol. The van der Waals surface area contributed by atoms with Crippen molar-refractivity contribution in [1.82, 2.24) is 19.7 Å². The van der Waals surface area contributed by atoms with Crippen molar-refractivity contribution in [2.24, 2.45) is 13.0 Å². The average Bonchev–Trinajstić information content (AvgIpc) is 3.24. The number of carbonyl (C=O) groups is 1. The van der Waals surface area contributed by atoms with Gasteiger partial charge in [0.05, 0.1) is 17.2 Å². The largest absolute Gasteiger partial charge is 0.416 e. The van der Waals surface area contributed by atoms with Crippen molar-refractivity contribution in [3.8, 4) is 5.69 Å². The molecule has 2 heterocycles. The number of nitrogens with zero attached hydrogens (tertiary/aromatic N) is 3. The van der Waals surface area contributed by atoms with Crippen LogP contribution in [0.2, 0.25) is 0 Å². The van der Waals surface area contributed by atoms with Crippen molar-refractivity contribution >= 4 is 27.8 Å². The third kappa shape index (κ3) is 4.65. The van der Waals surface area contributed by atoms with Gasteiger partial charge >= 0.3 is 6.18 Å². The van der Waals surface area contributed by atoms with Crippen LogP contribution >= 0.6 is 0 Å². The summed E-state index contributed by atoms with van der Waals surface area (Å²) in [5.74, 6) is 0.0657. The molecule has 2 aromatic heterocycles. The minimum atomic E-state index is -4.41. The van der Waals surface area contributed by atoms with E-state index in [-0.39, 0.29) is 17.9 Å². The highest BCUT2D eigenvalue weighted by atomic mass is 19.4. The van der Waals surface area contributed by atoms with Crippen molar-refractivity contribution in [3.63, 3.8) is 0 Å². The highest BCUT2D eigenvalue weighted by molar-refractivity contribution is 6.10. The fourth-order valence-corrected chi connectivity index (χ4v) is 5.05. The second-order valence-electron chi connectivity index (χ2n) is 9.40. The average molecular weight is 485 g/mol. The van der Waals surface area contributed by atoms with Crippen LogP contribution in [0.5, 0.6) is 0 Å². The Hall–Kier alpha value is -3.33. The van der Waals surface area contributed by atoms with E-state index in [1.54, 1.807) is 34.5 Å². The van der Waals surface area contributed by atoms with E-state index in [2.05, 4.69) is 10.4 Å². The lowest BCUT2D eigenvalue weighted by Gasteiger charge is -2.17. The molecule has 2 atom stereocenters. The molecule has 2 unspecified atom stereocenters. The number of amides is 1. The second kappa shape index (κ2) is 9.03. The third-order valence-electron chi connectivity index (χ3n) is 6.82. The SMILES string of the molecule is Cn1cc2c3cc(C(=O)NCC4CCCCC(O)C4)ccc3n(-c3ccc(C(F)(F)F)cc3)c2n1. The van der Waals surface area contributed by atoms with Crippen LogP contribution < -0.4 is 5.32 Å². The van der Waals surface area contributed by atoms with Gasteiger partial charge in [-0.25, -0.2) is 0 Å². The standard InChI is InChI=1S/C26H27F3N4O2/c1-32-15-22-21-13-17(25(35)30-14-16-4-2-3-5-20(34)12-16)6-11-23(21)33(24(22)31-32)19-9-7-18(8-10-19)26(27,28)29/h6-11,13,15-16,20,34H,2-5,12,14H2,1H3,(H,30,35). The number of carbonyl (C=O) groups excluding carboxylic acids is 1. The van der Waals surface area contributed by atoms with E-state index in [1.165, 1.54) is 12.1 Å². The molecule has 0 radical (unpaired) electrons. The normalized spacial score (nSPS) is 19.2. The summed E-state index contributed by atoms with van der Waals surface area (Å²) >= 11 is 0. The summed E-state index contributed by atoms with van der Waals surface area (Å²) < 4.78 is 42.6. The molecular formula is C26H27F3N4O2. The highest BCUT2D eigenvalue weighted by Gasteiger charge is 2.30. The van der Waals surface area contributed by atoms with Crippen LogP contribution in [0.4, 0.5) is 13.2 Å². The molecule has 35 heavy (non-hydrogen) atoms. The Morgan fingerprint density at radius 1 is 1.11 bits per heavy atom. The first-order valence-electron chi connectivity index (χ1n) is 11.8. The van der Waals surface area contributed by atoms with E-state index in [0.29, 0.717) is 29.9 Å². The Labute approximate surface area is 200 Å². The van der Waals surface area contributed by atoms with Gasteiger partial charge in [0, 0.05) is 41.8 Å².